The van der Waals surface area contributed by atoms with Crippen LogP contribution in [0, 0.1) is 0 Å². The molecule has 1 heterocycles. The van der Waals surface area contributed by atoms with E-state index in [1.165, 1.54) is 14.1 Å². The molecule has 1 fully saturated rings. The Morgan fingerprint density at radius 1 is 1.22 bits per heavy atom. The average Bonchev–Trinajstić information content (AvgIpc) is 2.47. The van der Waals surface area contributed by atoms with E-state index < -0.39 is 10.2 Å². The third-order valence-electron chi connectivity index (χ3n) is 3.40. The molecule has 2 rings (SSSR count). The number of urea groups is 1. The number of carbonyl (C=O) groups is 1. The van der Waals surface area contributed by atoms with Gasteiger partial charge in [0.2, 0.25) is 0 Å². The van der Waals surface area contributed by atoms with Crippen LogP contribution in [0.5, 0.6) is 0 Å². The van der Waals surface area contributed by atoms with E-state index in [9.17, 15) is 13.2 Å². The molecule has 1 aromatic rings. The molecule has 0 aromatic heterocycles. The number of carbonyl (C=O) groups excluding carboxylic acids is 1. The Bertz CT molecular complexity index is 642. The van der Waals surface area contributed by atoms with Crippen LogP contribution < -0.4 is 15.4 Å². The fourth-order valence-corrected chi connectivity index (χ4v) is 2.70. The minimum atomic E-state index is -3.58. The molecule has 0 unspecified atom stereocenters. The van der Waals surface area contributed by atoms with Crippen molar-refractivity contribution in [3.63, 3.8) is 0 Å². The molecule has 2 amide bonds. The number of hydrogen-bond acceptors (Lipinski definition) is 4. The average molecular weight is 342 g/mol. The molecule has 1 aliphatic heterocycles. The van der Waals surface area contributed by atoms with Gasteiger partial charge in [-0.05, 0) is 31.0 Å². The van der Waals surface area contributed by atoms with Gasteiger partial charge in [0.05, 0.1) is 5.69 Å². The lowest BCUT2D eigenvalue weighted by molar-refractivity contribution is 0.0806. The lowest BCUT2D eigenvalue weighted by Crippen LogP contribution is -2.41. The van der Waals surface area contributed by atoms with Gasteiger partial charge in [-0.3, -0.25) is 4.72 Å². The van der Waals surface area contributed by atoms with E-state index in [1.807, 2.05) is 0 Å². The molecule has 1 saturated heterocycles. The van der Waals surface area contributed by atoms with E-state index in [1.54, 1.807) is 24.3 Å². The Morgan fingerprint density at radius 2 is 1.87 bits per heavy atom. The van der Waals surface area contributed by atoms with Crippen LogP contribution in [0.25, 0.3) is 0 Å². The standard InChI is InChI=1S/C14H22N4O4S/c1-18(2)23(20,21)17-13-5-3-4-12(10-13)16-14(19)15-11-6-8-22-9-7-11/h3-5,10-11,17H,6-9H2,1-2H3,(H2,15,16,19). The van der Waals surface area contributed by atoms with Crippen molar-refractivity contribution >= 4 is 27.6 Å². The lowest BCUT2D eigenvalue weighted by atomic mass is 10.1. The molecule has 0 aliphatic carbocycles. The number of anilines is 2. The molecule has 8 nitrogen and oxygen atoms in total. The van der Waals surface area contributed by atoms with E-state index in [2.05, 4.69) is 15.4 Å². The van der Waals surface area contributed by atoms with Crippen molar-refractivity contribution < 1.29 is 17.9 Å². The van der Waals surface area contributed by atoms with Gasteiger partial charge >= 0.3 is 16.2 Å². The molecule has 23 heavy (non-hydrogen) atoms. The Hall–Kier alpha value is -1.84. The number of ether oxygens (including phenoxy) is 1. The smallest absolute Gasteiger partial charge is 0.319 e. The Labute approximate surface area is 136 Å². The van der Waals surface area contributed by atoms with E-state index in [-0.39, 0.29) is 12.1 Å². The first-order valence-electron chi connectivity index (χ1n) is 7.32. The second kappa shape index (κ2) is 7.62. The number of rotatable bonds is 5. The predicted molar refractivity (Wildman–Crippen MR) is 88.7 cm³/mol. The van der Waals surface area contributed by atoms with Gasteiger partial charge in [0.1, 0.15) is 0 Å². The Morgan fingerprint density at radius 3 is 2.52 bits per heavy atom. The van der Waals surface area contributed by atoms with Crippen LogP contribution in [0.2, 0.25) is 0 Å². The summed E-state index contributed by atoms with van der Waals surface area (Å²) < 4.78 is 32.3. The number of nitrogens with zero attached hydrogens (tertiary/aromatic N) is 1. The Kier molecular flexibility index (Phi) is 5.80. The molecule has 9 heteroatoms. The maximum absolute atomic E-state index is 12.0. The van der Waals surface area contributed by atoms with Crippen molar-refractivity contribution in [1.29, 1.82) is 0 Å². The highest BCUT2D eigenvalue weighted by Crippen LogP contribution is 2.17. The summed E-state index contributed by atoms with van der Waals surface area (Å²) in [5.41, 5.74) is 0.885. The van der Waals surface area contributed by atoms with Gasteiger partial charge in [0.15, 0.2) is 0 Å². The van der Waals surface area contributed by atoms with Crippen LogP contribution in [0.1, 0.15) is 12.8 Å². The van der Waals surface area contributed by atoms with Gasteiger partial charge in [-0.1, -0.05) is 6.07 Å². The van der Waals surface area contributed by atoms with Gasteiger partial charge in [-0.15, -0.1) is 0 Å². The fraction of sp³-hybridized carbons (Fsp3) is 0.500. The largest absolute Gasteiger partial charge is 0.381 e. The summed E-state index contributed by atoms with van der Waals surface area (Å²) in [4.78, 5) is 12.0. The summed E-state index contributed by atoms with van der Waals surface area (Å²) in [6, 6.07) is 6.31. The highest BCUT2D eigenvalue weighted by molar-refractivity contribution is 7.90. The summed E-state index contributed by atoms with van der Waals surface area (Å²) >= 11 is 0. The normalized spacial score (nSPS) is 16.1. The van der Waals surface area contributed by atoms with Crippen LogP contribution in [-0.2, 0) is 14.9 Å². The molecule has 0 atom stereocenters. The minimum absolute atomic E-state index is 0.0965. The molecule has 3 N–H and O–H groups in total. The quantitative estimate of drug-likeness (QED) is 0.749. The molecule has 0 saturated carbocycles. The zero-order valence-corrected chi connectivity index (χ0v) is 14.0. The number of benzene rings is 1. The van der Waals surface area contributed by atoms with Crippen LogP contribution in [0.3, 0.4) is 0 Å². The van der Waals surface area contributed by atoms with E-state index in [0.29, 0.717) is 24.6 Å². The fourth-order valence-electron chi connectivity index (χ4n) is 2.10. The third kappa shape index (κ3) is 5.38. The first-order chi connectivity index (χ1) is 10.9. The number of hydrogen-bond donors (Lipinski definition) is 3. The van der Waals surface area contributed by atoms with E-state index >= 15 is 0 Å². The molecule has 0 bridgehead atoms. The second-order valence-electron chi connectivity index (χ2n) is 5.46. The lowest BCUT2D eigenvalue weighted by Gasteiger charge is -2.23. The molecule has 0 spiro atoms. The topological polar surface area (TPSA) is 99.8 Å². The number of amides is 2. The summed E-state index contributed by atoms with van der Waals surface area (Å²) in [5.74, 6) is 0. The molecule has 1 aromatic carbocycles. The van der Waals surface area contributed by atoms with Crippen LogP contribution in [-0.4, -0.2) is 52.1 Å². The molecular weight excluding hydrogens is 320 g/mol. The zero-order chi connectivity index (χ0) is 16.9. The van der Waals surface area contributed by atoms with Crippen LogP contribution in [0.15, 0.2) is 24.3 Å². The van der Waals surface area contributed by atoms with Crippen molar-refractivity contribution in [3.05, 3.63) is 24.3 Å². The molecular formula is C14H22N4O4S. The first-order valence-corrected chi connectivity index (χ1v) is 8.76. The van der Waals surface area contributed by atoms with Gasteiger partial charge < -0.3 is 15.4 Å². The van der Waals surface area contributed by atoms with Gasteiger partial charge in [0.25, 0.3) is 0 Å². The predicted octanol–water partition coefficient (Wildman–Crippen LogP) is 1.21. The summed E-state index contributed by atoms with van der Waals surface area (Å²) in [6.45, 7) is 1.29. The zero-order valence-electron chi connectivity index (χ0n) is 13.2. The molecule has 1 aliphatic rings. The molecule has 128 valence electrons. The highest BCUT2D eigenvalue weighted by Gasteiger charge is 2.16. The van der Waals surface area contributed by atoms with Crippen molar-refractivity contribution in [2.24, 2.45) is 0 Å². The van der Waals surface area contributed by atoms with E-state index in [4.69, 9.17) is 4.74 Å². The van der Waals surface area contributed by atoms with Crippen molar-refractivity contribution in [1.82, 2.24) is 9.62 Å². The summed E-state index contributed by atoms with van der Waals surface area (Å²) in [7, 11) is -0.706. The monoisotopic (exact) mass is 342 g/mol. The van der Waals surface area contributed by atoms with Gasteiger partial charge in [-0.25, -0.2) is 4.79 Å². The number of nitrogens with one attached hydrogen (secondary N) is 3. The van der Waals surface area contributed by atoms with Crippen molar-refractivity contribution in [2.75, 3.05) is 37.3 Å². The maximum atomic E-state index is 12.0. The van der Waals surface area contributed by atoms with Crippen LogP contribution >= 0.6 is 0 Å². The van der Waals surface area contributed by atoms with Crippen LogP contribution in [0.4, 0.5) is 16.2 Å². The maximum Gasteiger partial charge on any atom is 0.319 e. The van der Waals surface area contributed by atoms with Crippen molar-refractivity contribution in [3.8, 4) is 0 Å². The Balaban J connectivity index is 1.95. The van der Waals surface area contributed by atoms with Gasteiger partial charge in [-0.2, -0.15) is 12.7 Å². The molecule has 0 radical (unpaired) electrons. The van der Waals surface area contributed by atoms with E-state index in [0.717, 1.165) is 17.1 Å². The third-order valence-corrected chi connectivity index (χ3v) is 4.86. The summed E-state index contributed by atoms with van der Waals surface area (Å²) in [6.07, 6.45) is 1.58. The van der Waals surface area contributed by atoms with Crippen molar-refractivity contribution in [2.45, 2.75) is 18.9 Å². The highest BCUT2D eigenvalue weighted by atomic mass is 32.2. The first kappa shape index (κ1) is 17.5. The van der Waals surface area contributed by atoms with Gasteiger partial charge in [0, 0.05) is 39.0 Å². The minimum Gasteiger partial charge on any atom is -0.381 e. The SMILES string of the molecule is CN(C)S(=O)(=O)Nc1cccc(NC(=O)NC2CCOCC2)c1. The summed E-state index contributed by atoms with van der Waals surface area (Å²) in [5, 5.41) is 5.58. The second-order valence-corrected chi connectivity index (χ2v) is 7.34.